The summed E-state index contributed by atoms with van der Waals surface area (Å²) in [4.78, 5) is 21.3. The molecule has 1 saturated heterocycles. The molecule has 6 aromatic rings. The van der Waals surface area contributed by atoms with Gasteiger partial charge in [-0.2, -0.15) is 9.97 Å². The number of aromatic nitrogens is 5. The Kier molecular flexibility index (Phi) is 5.95. The van der Waals surface area contributed by atoms with Gasteiger partial charge in [-0.25, -0.2) is 9.97 Å². The van der Waals surface area contributed by atoms with Crippen LogP contribution in [0.2, 0.25) is 0 Å². The van der Waals surface area contributed by atoms with Crippen molar-refractivity contribution in [1.82, 2.24) is 24.5 Å². The zero-order valence-corrected chi connectivity index (χ0v) is 21.2. The number of ether oxygens (including phenoxy) is 1. The van der Waals surface area contributed by atoms with E-state index in [1.54, 1.807) is 12.5 Å². The van der Waals surface area contributed by atoms with Crippen LogP contribution in [-0.4, -0.2) is 50.8 Å². The van der Waals surface area contributed by atoms with Gasteiger partial charge in [0.05, 0.1) is 13.2 Å². The number of para-hydroxylation sites is 1. The van der Waals surface area contributed by atoms with Crippen molar-refractivity contribution in [3.63, 3.8) is 0 Å². The van der Waals surface area contributed by atoms with E-state index in [1.165, 1.54) is 5.69 Å². The van der Waals surface area contributed by atoms with Crippen LogP contribution in [0.1, 0.15) is 0 Å². The van der Waals surface area contributed by atoms with Crippen LogP contribution in [0.3, 0.4) is 0 Å². The number of benzene rings is 3. The van der Waals surface area contributed by atoms with Crippen molar-refractivity contribution in [3.05, 3.63) is 97.5 Å². The van der Waals surface area contributed by atoms with Crippen LogP contribution >= 0.6 is 0 Å². The average Bonchev–Trinajstić information content (AvgIpc) is 3.43. The van der Waals surface area contributed by atoms with Gasteiger partial charge in [-0.1, -0.05) is 42.5 Å². The number of nitrogens with zero attached hydrogens (tertiary/aromatic N) is 6. The van der Waals surface area contributed by atoms with Crippen molar-refractivity contribution in [3.8, 4) is 5.69 Å². The van der Waals surface area contributed by atoms with Crippen molar-refractivity contribution in [2.45, 2.75) is 0 Å². The van der Waals surface area contributed by atoms with Gasteiger partial charge in [-0.05, 0) is 47.9 Å². The molecular weight excluding hydrogens is 488 g/mol. The minimum absolute atomic E-state index is 0.427. The van der Waals surface area contributed by atoms with Gasteiger partial charge in [-0.15, -0.1) is 0 Å². The monoisotopic (exact) mass is 514 g/mol. The highest BCUT2D eigenvalue weighted by Gasteiger charge is 2.17. The van der Waals surface area contributed by atoms with Crippen molar-refractivity contribution in [1.29, 1.82) is 0 Å². The lowest BCUT2D eigenvalue weighted by Crippen LogP contribution is -2.36. The van der Waals surface area contributed by atoms with Gasteiger partial charge in [-0.3, -0.25) is 4.57 Å². The number of morpholine rings is 1. The van der Waals surface area contributed by atoms with Crippen LogP contribution in [0, 0.1) is 0 Å². The smallest absolute Gasteiger partial charge is 0.232 e. The molecule has 3 aromatic carbocycles. The van der Waals surface area contributed by atoms with Gasteiger partial charge < -0.3 is 20.3 Å². The molecule has 39 heavy (non-hydrogen) atoms. The van der Waals surface area contributed by atoms with Crippen molar-refractivity contribution in [2.24, 2.45) is 0 Å². The van der Waals surface area contributed by atoms with E-state index < -0.39 is 0 Å². The van der Waals surface area contributed by atoms with E-state index in [2.05, 4.69) is 50.8 Å². The summed E-state index contributed by atoms with van der Waals surface area (Å²) < 4.78 is 7.45. The third-order valence-electron chi connectivity index (χ3n) is 6.84. The lowest BCUT2D eigenvalue weighted by Gasteiger charge is -2.28. The molecule has 9 nitrogen and oxygen atoms in total. The average molecular weight is 515 g/mol. The molecule has 0 amide bonds. The molecule has 7 rings (SSSR count). The first-order valence-corrected chi connectivity index (χ1v) is 12.9. The Morgan fingerprint density at radius 1 is 0.692 bits per heavy atom. The molecule has 0 bridgehead atoms. The normalized spacial score (nSPS) is 13.6. The summed E-state index contributed by atoms with van der Waals surface area (Å²) in [5.74, 6) is 1.73. The predicted octanol–water partition coefficient (Wildman–Crippen LogP) is 5.69. The lowest BCUT2D eigenvalue weighted by atomic mass is 10.1. The van der Waals surface area contributed by atoms with E-state index >= 15 is 0 Å². The van der Waals surface area contributed by atoms with Gasteiger partial charge in [0.15, 0.2) is 17.0 Å². The number of nitrogens with one attached hydrogen (secondary N) is 2. The van der Waals surface area contributed by atoms with E-state index in [-0.39, 0.29) is 0 Å². The second kappa shape index (κ2) is 10.0. The summed E-state index contributed by atoms with van der Waals surface area (Å²) >= 11 is 0. The maximum absolute atomic E-state index is 5.49. The third kappa shape index (κ3) is 4.60. The van der Waals surface area contributed by atoms with E-state index in [9.17, 15) is 0 Å². The van der Waals surface area contributed by atoms with Gasteiger partial charge in [0.1, 0.15) is 12.1 Å². The standard InChI is InChI=1S/C30H26N8O/c1-2-7-24(8-3-1)38-20-32-26-28(33-22-10-12-23(13-11-22)37-16-18-39-19-17-37)35-30(36-29(26)38)34-27-25-9-5-4-6-21(25)14-15-31-27/h1-15,20H,16-19H2,(H2,31,33,34,35,36). The van der Waals surface area contributed by atoms with Gasteiger partial charge in [0, 0.05) is 41.7 Å². The highest BCUT2D eigenvalue weighted by Crippen LogP contribution is 2.29. The van der Waals surface area contributed by atoms with Crippen LogP contribution < -0.4 is 15.5 Å². The Hall–Kier alpha value is -5.02. The first-order chi connectivity index (χ1) is 19.3. The second-order valence-corrected chi connectivity index (χ2v) is 9.30. The van der Waals surface area contributed by atoms with E-state index in [0.717, 1.165) is 48.5 Å². The molecule has 0 saturated carbocycles. The maximum Gasteiger partial charge on any atom is 0.232 e. The number of anilines is 5. The Balaban J connectivity index is 1.28. The van der Waals surface area contributed by atoms with Crippen molar-refractivity contribution >= 4 is 50.9 Å². The predicted molar refractivity (Wildman–Crippen MR) is 154 cm³/mol. The number of hydrogen-bond acceptors (Lipinski definition) is 8. The van der Waals surface area contributed by atoms with Gasteiger partial charge >= 0.3 is 0 Å². The van der Waals surface area contributed by atoms with Crippen molar-refractivity contribution < 1.29 is 4.74 Å². The summed E-state index contributed by atoms with van der Waals surface area (Å²) in [7, 11) is 0. The highest BCUT2D eigenvalue weighted by atomic mass is 16.5. The molecule has 0 radical (unpaired) electrons. The van der Waals surface area contributed by atoms with Crippen LogP contribution in [0.15, 0.2) is 97.5 Å². The number of hydrogen-bond donors (Lipinski definition) is 2. The Bertz CT molecular complexity index is 1740. The molecule has 0 unspecified atom stereocenters. The quantitative estimate of drug-likeness (QED) is 0.293. The molecule has 0 spiro atoms. The number of fused-ring (bicyclic) bond motifs is 2. The fourth-order valence-electron chi connectivity index (χ4n) is 4.86. The zero-order chi connectivity index (χ0) is 26.0. The molecule has 0 atom stereocenters. The summed E-state index contributed by atoms with van der Waals surface area (Å²) in [5, 5.41) is 8.91. The molecular formula is C30H26N8O. The fraction of sp³-hybridized carbons (Fsp3) is 0.133. The molecule has 2 N–H and O–H groups in total. The molecule has 9 heteroatoms. The first-order valence-electron chi connectivity index (χ1n) is 12.9. The second-order valence-electron chi connectivity index (χ2n) is 9.30. The molecule has 0 aliphatic carbocycles. The molecule has 3 aromatic heterocycles. The summed E-state index contributed by atoms with van der Waals surface area (Å²) in [6.07, 6.45) is 3.56. The van der Waals surface area contributed by atoms with Gasteiger partial charge in [0.2, 0.25) is 5.95 Å². The Morgan fingerprint density at radius 3 is 2.33 bits per heavy atom. The lowest BCUT2D eigenvalue weighted by molar-refractivity contribution is 0.122. The minimum atomic E-state index is 0.427. The number of imidazole rings is 1. The molecule has 192 valence electrons. The molecule has 1 fully saturated rings. The van der Waals surface area contributed by atoms with Crippen LogP contribution in [0.25, 0.3) is 27.6 Å². The van der Waals surface area contributed by atoms with Crippen molar-refractivity contribution in [2.75, 3.05) is 41.8 Å². The van der Waals surface area contributed by atoms with Crippen LogP contribution in [0.5, 0.6) is 0 Å². The summed E-state index contributed by atoms with van der Waals surface area (Å²) in [6.45, 7) is 3.30. The SMILES string of the molecule is c1ccc(-n2cnc3c(Nc4ccc(N5CCOCC5)cc4)nc(Nc4nccc5ccccc45)nc32)cc1. The maximum atomic E-state index is 5.49. The number of pyridine rings is 1. The topological polar surface area (TPSA) is 93.0 Å². The zero-order valence-electron chi connectivity index (χ0n) is 21.2. The minimum Gasteiger partial charge on any atom is -0.378 e. The molecule has 1 aliphatic rings. The first kappa shape index (κ1) is 23.1. The van der Waals surface area contributed by atoms with Crippen LogP contribution in [-0.2, 0) is 4.74 Å². The Morgan fingerprint density at radius 2 is 1.49 bits per heavy atom. The summed E-state index contributed by atoms with van der Waals surface area (Å²) in [5.41, 5.74) is 4.41. The molecule has 1 aliphatic heterocycles. The third-order valence-corrected chi connectivity index (χ3v) is 6.84. The van der Waals surface area contributed by atoms with Crippen LogP contribution in [0.4, 0.5) is 29.0 Å². The van der Waals surface area contributed by atoms with E-state index in [0.29, 0.717) is 28.7 Å². The Labute approximate surface area is 225 Å². The molecule has 4 heterocycles. The van der Waals surface area contributed by atoms with Gasteiger partial charge in [0.25, 0.3) is 0 Å². The largest absolute Gasteiger partial charge is 0.378 e. The van der Waals surface area contributed by atoms with E-state index in [1.807, 2.05) is 59.2 Å². The summed E-state index contributed by atoms with van der Waals surface area (Å²) in [6, 6.07) is 28.5. The number of rotatable bonds is 6. The van der Waals surface area contributed by atoms with E-state index in [4.69, 9.17) is 19.7 Å². The highest BCUT2D eigenvalue weighted by molar-refractivity contribution is 5.93. The fourth-order valence-corrected chi connectivity index (χ4v) is 4.86.